The minimum Gasteiger partial charge on any atom is -0.488 e. The lowest BCUT2D eigenvalue weighted by molar-refractivity contribution is 0.294. The molecule has 0 spiro atoms. The van der Waals surface area contributed by atoms with Crippen LogP contribution in [0, 0.1) is 5.82 Å². The molecular formula is C16H16BrClFNO. The highest BCUT2D eigenvalue weighted by Gasteiger charge is 2.13. The summed E-state index contributed by atoms with van der Waals surface area (Å²) in [4.78, 5) is 0. The van der Waals surface area contributed by atoms with Crippen molar-refractivity contribution in [3.05, 3.63) is 62.8 Å². The van der Waals surface area contributed by atoms with Gasteiger partial charge in [0.2, 0.25) is 0 Å². The van der Waals surface area contributed by atoms with E-state index in [-0.39, 0.29) is 18.5 Å². The first-order valence-corrected chi connectivity index (χ1v) is 7.72. The van der Waals surface area contributed by atoms with Crippen molar-refractivity contribution in [2.75, 3.05) is 7.05 Å². The molecule has 21 heavy (non-hydrogen) atoms. The van der Waals surface area contributed by atoms with Gasteiger partial charge in [-0.05, 0) is 44.3 Å². The van der Waals surface area contributed by atoms with Gasteiger partial charge in [-0.3, -0.25) is 0 Å². The molecule has 0 heterocycles. The summed E-state index contributed by atoms with van der Waals surface area (Å²) >= 11 is 9.46. The topological polar surface area (TPSA) is 21.3 Å². The van der Waals surface area contributed by atoms with Gasteiger partial charge >= 0.3 is 0 Å². The zero-order chi connectivity index (χ0) is 15.4. The first-order valence-electron chi connectivity index (χ1n) is 6.55. The van der Waals surface area contributed by atoms with E-state index in [1.54, 1.807) is 12.1 Å². The van der Waals surface area contributed by atoms with Crippen LogP contribution in [-0.2, 0) is 6.61 Å². The molecule has 0 radical (unpaired) electrons. The zero-order valence-electron chi connectivity index (χ0n) is 11.8. The van der Waals surface area contributed by atoms with Crippen molar-refractivity contribution in [1.29, 1.82) is 0 Å². The molecule has 1 N–H and O–H groups in total. The van der Waals surface area contributed by atoms with E-state index in [0.29, 0.717) is 16.3 Å². The summed E-state index contributed by atoms with van der Waals surface area (Å²) < 4.78 is 20.5. The maximum Gasteiger partial charge on any atom is 0.131 e. The summed E-state index contributed by atoms with van der Waals surface area (Å²) in [7, 11) is 1.88. The van der Waals surface area contributed by atoms with Gasteiger partial charge in [-0.2, -0.15) is 0 Å². The van der Waals surface area contributed by atoms with Gasteiger partial charge < -0.3 is 10.1 Å². The van der Waals surface area contributed by atoms with Crippen LogP contribution >= 0.6 is 27.5 Å². The van der Waals surface area contributed by atoms with Gasteiger partial charge in [0.1, 0.15) is 18.2 Å². The number of nitrogens with one attached hydrogen (secondary N) is 1. The van der Waals surface area contributed by atoms with E-state index in [4.69, 9.17) is 16.3 Å². The third kappa shape index (κ3) is 3.96. The van der Waals surface area contributed by atoms with Crippen molar-refractivity contribution in [3.8, 4) is 5.75 Å². The Morgan fingerprint density at radius 3 is 2.76 bits per heavy atom. The molecule has 0 aliphatic heterocycles. The fourth-order valence-electron chi connectivity index (χ4n) is 1.96. The van der Waals surface area contributed by atoms with Crippen molar-refractivity contribution in [1.82, 2.24) is 5.32 Å². The largest absolute Gasteiger partial charge is 0.488 e. The maximum atomic E-state index is 13.8. The molecule has 2 aromatic carbocycles. The number of rotatable bonds is 5. The molecule has 0 aromatic heterocycles. The Hall–Kier alpha value is -1.10. The number of ether oxygens (including phenoxy) is 1. The second kappa shape index (κ2) is 7.25. The quantitative estimate of drug-likeness (QED) is 0.788. The van der Waals surface area contributed by atoms with E-state index in [0.717, 1.165) is 10.0 Å². The van der Waals surface area contributed by atoms with Crippen molar-refractivity contribution < 1.29 is 9.13 Å². The summed E-state index contributed by atoms with van der Waals surface area (Å²) in [5, 5.41) is 3.54. The van der Waals surface area contributed by atoms with Crippen molar-refractivity contribution in [2.24, 2.45) is 0 Å². The van der Waals surface area contributed by atoms with E-state index in [1.165, 1.54) is 6.07 Å². The van der Waals surface area contributed by atoms with E-state index in [1.807, 2.05) is 32.2 Å². The highest BCUT2D eigenvalue weighted by molar-refractivity contribution is 9.10. The third-order valence-electron chi connectivity index (χ3n) is 3.31. The molecule has 2 aromatic rings. The van der Waals surface area contributed by atoms with Crippen LogP contribution in [0.2, 0.25) is 5.02 Å². The molecule has 0 bridgehead atoms. The first kappa shape index (κ1) is 16.3. The van der Waals surface area contributed by atoms with Crippen LogP contribution < -0.4 is 10.1 Å². The third-order valence-corrected chi connectivity index (χ3v) is 4.15. The molecule has 0 aliphatic carbocycles. The summed E-state index contributed by atoms with van der Waals surface area (Å²) in [6, 6.07) is 10.5. The molecule has 0 saturated heterocycles. The average Bonchev–Trinajstić information content (AvgIpc) is 2.47. The Kier molecular flexibility index (Phi) is 5.62. The zero-order valence-corrected chi connectivity index (χ0v) is 14.1. The molecule has 0 saturated carbocycles. The summed E-state index contributed by atoms with van der Waals surface area (Å²) in [5.41, 5.74) is 1.37. The normalized spacial score (nSPS) is 12.2. The fraction of sp³-hybridized carbons (Fsp3) is 0.250. The summed E-state index contributed by atoms with van der Waals surface area (Å²) in [6.45, 7) is 2.13. The lowest BCUT2D eigenvalue weighted by Crippen LogP contribution is -2.14. The molecule has 5 heteroatoms. The van der Waals surface area contributed by atoms with E-state index in [9.17, 15) is 4.39 Å². The second-order valence-electron chi connectivity index (χ2n) is 4.68. The molecule has 1 atom stereocenters. The molecule has 2 nitrogen and oxygen atoms in total. The van der Waals surface area contributed by atoms with E-state index >= 15 is 0 Å². The van der Waals surface area contributed by atoms with Crippen LogP contribution in [0.25, 0.3) is 0 Å². The number of halogens is 3. The molecule has 0 fully saturated rings. The van der Waals surface area contributed by atoms with Gasteiger partial charge in [-0.1, -0.05) is 33.6 Å². The Labute approximate surface area is 137 Å². The van der Waals surface area contributed by atoms with Gasteiger partial charge in [0.25, 0.3) is 0 Å². The van der Waals surface area contributed by atoms with E-state index < -0.39 is 0 Å². The Morgan fingerprint density at radius 1 is 1.33 bits per heavy atom. The van der Waals surface area contributed by atoms with Gasteiger partial charge in [-0.25, -0.2) is 4.39 Å². The van der Waals surface area contributed by atoms with Crippen LogP contribution in [0.15, 0.2) is 40.9 Å². The predicted molar refractivity (Wildman–Crippen MR) is 87.4 cm³/mol. The molecule has 0 amide bonds. The van der Waals surface area contributed by atoms with Crippen LogP contribution in [0.3, 0.4) is 0 Å². The molecular weight excluding hydrogens is 357 g/mol. The molecule has 1 unspecified atom stereocenters. The number of benzene rings is 2. The van der Waals surface area contributed by atoms with Gasteiger partial charge in [-0.15, -0.1) is 0 Å². The van der Waals surface area contributed by atoms with Gasteiger partial charge in [0.15, 0.2) is 0 Å². The Balaban J connectivity index is 2.24. The van der Waals surface area contributed by atoms with Crippen molar-refractivity contribution in [2.45, 2.75) is 19.6 Å². The van der Waals surface area contributed by atoms with Crippen molar-refractivity contribution >= 4 is 27.5 Å². The van der Waals surface area contributed by atoms with Crippen LogP contribution in [0.1, 0.15) is 24.1 Å². The molecule has 112 valence electrons. The maximum absolute atomic E-state index is 13.8. The predicted octanol–water partition coefficient (Wildman–Crippen LogP) is 5.10. The van der Waals surface area contributed by atoms with Crippen LogP contribution in [-0.4, -0.2) is 7.05 Å². The van der Waals surface area contributed by atoms with E-state index in [2.05, 4.69) is 21.2 Å². The van der Waals surface area contributed by atoms with Crippen LogP contribution in [0.4, 0.5) is 4.39 Å². The highest BCUT2D eigenvalue weighted by atomic mass is 79.9. The highest BCUT2D eigenvalue weighted by Crippen LogP contribution is 2.30. The summed E-state index contributed by atoms with van der Waals surface area (Å²) in [6.07, 6.45) is 0. The lowest BCUT2D eigenvalue weighted by Gasteiger charge is -2.17. The number of hydrogen-bond acceptors (Lipinski definition) is 2. The molecule has 0 aliphatic rings. The SMILES string of the molecule is CNC(C)c1cc(Br)ccc1OCc1c(F)cccc1Cl. The number of hydrogen-bond donors (Lipinski definition) is 1. The Morgan fingerprint density at radius 2 is 2.10 bits per heavy atom. The summed E-state index contributed by atoms with van der Waals surface area (Å²) in [5.74, 6) is 0.349. The smallest absolute Gasteiger partial charge is 0.131 e. The Bertz CT molecular complexity index is 615. The monoisotopic (exact) mass is 371 g/mol. The van der Waals surface area contributed by atoms with Crippen LogP contribution in [0.5, 0.6) is 5.75 Å². The fourth-order valence-corrected chi connectivity index (χ4v) is 2.56. The van der Waals surface area contributed by atoms with Gasteiger partial charge in [0.05, 0.1) is 5.02 Å². The van der Waals surface area contributed by atoms with Gasteiger partial charge in [0, 0.05) is 21.6 Å². The standard InChI is InChI=1S/C16H16BrClFNO/c1-10(20-2)12-8-11(17)6-7-16(12)21-9-13-14(18)4-3-5-15(13)19/h3-8,10,20H,9H2,1-2H3. The molecule has 2 rings (SSSR count). The van der Waals surface area contributed by atoms with Crippen molar-refractivity contribution in [3.63, 3.8) is 0 Å². The second-order valence-corrected chi connectivity index (χ2v) is 6.00. The minimum atomic E-state index is -0.358. The first-order chi connectivity index (χ1) is 10.0. The minimum absolute atomic E-state index is 0.0938. The average molecular weight is 373 g/mol. The lowest BCUT2D eigenvalue weighted by atomic mass is 10.1.